The first-order valence-corrected chi connectivity index (χ1v) is 6.18. The lowest BCUT2D eigenvalue weighted by molar-refractivity contribution is -0.144. The zero-order chi connectivity index (χ0) is 15.7. The quantitative estimate of drug-likeness (QED) is 0.778. The van der Waals surface area contributed by atoms with Gasteiger partial charge in [0.05, 0.1) is 17.6 Å². The van der Waals surface area contributed by atoms with E-state index in [-0.39, 0.29) is 23.1 Å². The molecule has 0 radical (unpaired) electrons. The van der Waals surface area contributed by atoms with E-state index in [1.807, 2.05) is 0 Å². The fraction of sp³-hybridized carbons (Fsp3) is 0.154. The number of fused-ring (bicyclic) bond motifs is 1. The van der Waals surface area contributed by atoms with Gasteiger partial charge in [-0.15, -0.1) is 0 Å². The van der Waals surface area contributed by atoms with E-state index in [0.29, 0.717) is 5.69 Å². The van der Waals surface area contributed by atoms with Crippen LogP contribution in [0.3, 0.4) is 0 Å². The number of nitrogens with one attached hydrogen (secondary N) is 2. The Hall–Kier alpha value is -2.84. The fourth-order valence-corrected chi connectivity index (χ4v) is 1.89. The minimum absolute atomic E-state index is 0.139. The molecule has 1 amide bonds. The Labute approximate surface area is 121 Å². The number of benzene rings is 1. The van der Waals surface area contributed by atoms with Gasteiger partial charge in [0.1, 0.15) is 12.0 Å². The van der Waals surface area contributed by atoms with Crippen molar-refractivity contribution in [1.82, 2.24) is 20.4 Å². The number of rotatable bonds is 3. The highest BCUT2D eigenvalue weighted by Gasteiger charge is 2.34. The molecule has 114 valence electrons. The average Bonchev–Trinajstić information content (AvgIpc) is 3.12. The Bertz CT molecular complexity index is 808. The maximum absolute atomic E-state index is 12.6. The molecule has 22 heavy (non-hydrogen) atoms. The summed E-state index contributed by atoms with van der Waals surface area (Å²) in [4.78, 5) is 17.6. The predicted molar refractivity (Wildman–Crippen MR) is 68.8 cm³/mol. The predicted octanol–water partition coefficient (Wildman–Crippen LogP) is 2.50. The smallest absolute Gasteiger partial charge is 0.364 e. The van der Waals surface area contributed by atoms with Crippen LogP contribution in [0.1, 0.15) is 21.9 Å². The number of aromatic amines is 1. The second kappa shape index (κ2) is 5.17. The summed E-state index contributed by atoms with van der Waals surface area (Å²) in [7, 11) is 0. The van der Waals surface area contributed by atoms with Crippen molar-refractivity contribution >= 4 is 16.9 Å². The van der Waals surface area contributed by atoms with Crippen LogP contribution < -0.4 is 5.32 Å². The number of amides is 1. The van der Waals surface area contributed by atoms with Gasteiger partial charge in [-0.3, -0.25) is 4.79 Å². The molecule has 2 aromatic heterocycles. The van der Waals surface area contributed by atoms with Crippen LogP contribution in [-0.4, -0.2) is 21.0 Å². The standard InChI is InChI=1S/C13H9F3N4O2/c14-13(15,16)12-18-9-2-1-7(5-10(9)19-12)11(21)17-6-8-3-4-22-20-8/h1-5H,6H2,(H,17,21)(H,18,19). The van der Waals surface area contributed by atoms with E-state index in [9.17, 15) is 18.0 Å². The van der Waals surface area contributed by atoms with Gasteiger partial charge < -0.3 is 14.8 Å². The number of imidazole rings is 1. The van der Waals surface area contributed by atoms with Crippen LogP contribution in [0.25, 0.3) is 11.0 Å². The number of halogens is 3. The first-order chi connectivity index (χ1) is 10.4. The van der Waals surface area contributed by atoms with Crippen molar-refractivity contribution < 1.29 is 22.5 Å². The third-order valence-corrected chi connectivity index (χ3v) is 2.93. The van der Waals surface area contributed by atoms with Gasteiger partial charge in [-0.25, -0.2) is 4.98 Å². The largest absolute Gasteiger partial charge is 0.449 e. The minimum Gasteiger partial charge on any atom is -0.364 e. The molecule has 2 N–H and O–H groups in total. The van der Waals surface area contributed by atoms with E-state index in [1.54, 1.807) is 6.07 Å². The van der Waals surface area contributed by atoms with Crippen molar-refractivity contribution in [2.45, 2.75) is 12.7 Å². The second-order valence-electron chi connectivity index (χ2n) is 4.49. The summed E-state index contributed by atoms with van der Waals surface area (Å²) in [5, 5.41) is 6.22. The number of hydrogen-bond donors (Lipinski definition) is 2. The Kier molecular flexibility index (Phi) is 3.32. The number of H-pyrrole nitrogens is 1. The van der Waals surface area contributed by atoms with Crippen LogP contribution in [0.15, 0.2) is 35.1 Å². The maximum Gasteiger partial charge on any atom is 0.449 e. The van der Waals surface area contributed by atoms with Crippen LogP contribution in [0.5, 0.6) is 0 Å². The molecular formula is C13H9F3N4O2. The van der Waals surface area contributed by atoms with E-state index in [0.717, 1.165) is 0 Å². The summed E-state index contributed by atoms with van der Waals surface area (Å²) >= 11 is 0. The molecule has 0 saturated heterocycles. The zero-order valence-corrected chi connectivity index (χ0v) is 10.9. The molecule has 0 atom stereocenters. The lowest BCUT2D eigenvalue weighted by Crippen LogP contribution is -2.22. The molecule has 1 aromatic carbocycles. The molecule has 3 rings (SSSR count). The van der Waals surface area contributed by atoms with E-state index in [1.165, 1.54) is 24.5 Å². The number of carbonyl (C=O) groups is 1. The van der Waals surface area contributed by atoms with Crippen LogP contribution in [-0.2, 0) is 12.7 Å². The summed E-state index contributed by atoms with van der Waals surface area (Å²) in [6.07, 6.45) is -3.19. The third kappa shape index (κ3) is 2.78. The molecule has 6 nitrogen and oxygen atoms in total. The van der Waals surface area contributed by atoms with Crippen molar-refractivity contribution in [2.24, 2.45) is 0 Å². The summed E-state index contributed by atoms with van der Waals surface area (Å²) in [5.74, 6) is -1.53. The van der Waals surface area contributed by atoms with Crippen LogP contribution >= 0.6 is 0 Å². The van der Waals surface area contributed by atoms with Gasteiger partial charge in [0, 0.05) is 11.6 Å². The Balaban J connectivity index is 1.80. The number of hydrogen-bond acceptors (Lipinski definition) is 4. The molecule has 0 aliphatic rings. The zero-order valence-electron chi connectivity index (χ0n) is 10.9. The van der Waals surface area contributed by atoms with Crippen LogP contribution in [0.2, 0.25) is 0 Å². The highest BCUT2D eigenvalue weighted by molar-refractivity contribution is 5.97. The number of alkyl halides is 3. The molecule has 9 heteroatoms. The summed E-state index contributed by atoms with van der Waals surface area (Å²) in [6, 6.07) is 5.66. The van der Waals surface area contributed by atoms with E-state index in [4.69, 9.17) is 0 Å². The highest BCUT2D eigenvalue weighted by atomic mass is 19.4. The highest BCUT2D eigenvalue weighted by Crippen LogP contribution is 2.28. The van der Waals surface area contributed by atoms with E-state index in [2.05, 4.69) is 25.0 Å². The van der Waals surface area contributed by atoms with Crippen LogP contribution in [0.4, 0.5) is 13.2 Å². The molecule has 0 fully saturated rings. The van der Waals surface area contributed by atoms with E-state index < -0.39 is 17.9 Å². The second-order valence-corrected chi connectivity index (χ2v) is 4.49. The van der Waals surface area contributed by atoms with Gasteiger partial charge in [-0.05, 0) is 18.2 Å². The summed E-state index contributed by atoms with van der Waals surface area (Å²) < 4.78 is 42.3. The molecule has 3 aromatic rings. The fourth-order valence-electron chi connectivity index (χ4n) is 1.89. The SMILES string of the molecule is O=C(NCc1ccon1)c1ccc2nc(C(F)(F)F)[nH]c2c1. The van der Waals surface area contributed by atoms with Crippen molar-refractivity contribution in [3.63, 3.8) is 0 Å². The number of carbonyl (C=O) groups excluding carboxylic acids is 1. The summed E-state index contributed by atoms with van der Waals surface area (Å²) in [6.45, 7) is 0.157. The van der Waals surface area contributed by atoms with Gasteiger partial charge in [0.25, 0.3) is 5.91 Å². The van der Waals surface area contributed by atoms with Gasteiger partial charge in [-0.2, -0.15) is 13.2 Å². The molecule has 0 saturated carbocycles. The first kappa shape index (κ1) is 14.1. The summed E-state index contributed by atoms with van der Waals surface area (Å²) in [5.41, 5.74) is 1.03. The Morgan fingerprint density at radius 2 is 2.14 bits per heavy atom. The number of aromatic nitrogens is 3. The van der Waals surface area contributed by atoms with Crippen molar-refractivity contribution in [1.29, 1.82) is 0 Å². The first-order valence-electron chi connectivity index (χ1n) is 6.18. The van der Waals surface area contributed by atoms with Gasteiger partial charge in [0.2, 0.25) is 5.82 Å². The Morgan fingerprint density at radius 3 is 2.82 bits per heavy atom. The van der Waals surface area contributed by atoms with Gasteiger partial charge in [0.15, 0.2) is 0 Å². The van der Waals surface area contributed by atoms with Crippen molar-refractivity contribution in [3.05, 3.63) is 47.6 Å². The van der Waals surface area contributed by atoms with Gasteiger partial charge >= 0.3 is 6.18 Å². The molecule has 2 heterocycles. The molecule has 0 bridgehead atoms. The maximum atomic E-state index is 12.6. The van der Waals surface area contributed by atoms with Gasteiger partial charge in [-0.1, -0.05) is 5.16 Å². The van der Waals surface area contributed by atoms with Crippen molar-refractivity contribution in [2.75, 3.05) is 0 Å². The van der Waals surface area contributed by atoms with Crippen LogP contribution in [0, 0.1) is 0 Å². The third-order valence-electron chi connectivity index (χ3n) is 2.93. The molecular weight excluding hydrogens is 301 g/mol. The Morgan fingerprint density at radius 1 is 1.32 bits per heavy atom. The lowest BCUT2D eigenvalue weighted by Gasteiger charge is -2.02. The molecule has 0 aliphatic heterocycles. The molecule has 0 spiro atoms. The topological polar surface area (TPSA) is 83.8 Å². The molecule has 0 aliphatic carbocycles. The molecule has 0 unspecified atom stereocenters. The van der Waals surface area contributed by atoms with Crippen molar-refractivity contribution in [3.8, 4) is 0 Å². The minimum atomic E-state index is -4.56. The van der Waals surface area contributed by atoms with E-state index >= 15 is 0 Å². The average molecular weight is 310 g/mol. The number of nitrogens with zero attached hydrogens (tertiary/aromatic N) is 2. The normalized spacial score (nSPS) is 11.8. The monoisotopic (exact) mass is 310 g/mol. The lowest BCUT2D eigenvalue weighted by atomic mass is 10.2.